The van der Waals surface area contributed by atoms with Gasteiger partial charge in [0, 0.05) is 33.2 Å². The monoisotopic (exact) mass is 258 g/mol. The quantitative estimate of drug-likeness (QED) is 0.555. The van der Waals surface area contributed by atoms with Crippen LogP contribution in [0.2, 0.25) is 0 Å². The lowest BCUT2D eigenvalue weighted by Crippen LogP contribution is -2.06. The van der Waals surface area contributed by atoms with E-state index in [1.165, 1.54) is 0 Å². The molecule has 18 heavy (non-hydrogen) atoms. The van der Waals surface area contributed by atoms with Crippen molar-refractivity contribution >= 4 is 6.01 Å². The zero-order chi connectivity index (χ0) is 13.1. The Kier molecular flexibility index (Phi) is 8.11. The van der Waals surface area contributed by atoms with E-state index in [-0.39, 0.29) is 0 Å². The van der Waals surface area contributed by atoms with Crippen molar-refractivity contribution in [2.45, 2.75) is 19.3 Å². The molecule has 0 aliphatic heterocycles. The third kappa shape index (κ3) is 6.53. The second-order valence-electron chi connectivity index (χ2n) is 3.78. The van der Waals surface area contributed by atoms with E-state index in [0.717, 1.165) is 26.0 Å². The van der Waals surface area contributed by atoms with Crippen molar-refractivity contribution in [2.24, 2.45) is 5.73 Å². The highest BCUT2D eigenvalue weighted by atomic mass is 16.5. The Hall–Kier alpha value is -1.18. The summed E-state index contributed by atoms with van der Waals surface area (Å²) in [4.78, 5) is 0. The summed E-state index contributed by atoms with van der Waals surface area (Å²) >= 11 is 0. The number of nitrogens with zero attached hydrogens (tertiary/aromatic N) is 2. The summed E-state index contributed by atoms with van der Waals surface area (Å²) in [5.41, 5.74) is 5.39. The summed E-state index contributed by atoms with van der Waals surface area (Å²) in [5, 5.41) is 10.8. The Labute approximate surface area is 107 Å². The van der Waals surface area contributed by atoms with E-state index in [1.807, 2.05) is 0 Å². The van der Waals surface area contributed by atoms with Crippen LogP contribution >= 0.6 is 0 Å². The lowest BCUT2D eigenvalue weighted by atomic mass is 10.3. The molecule has 0 aliphatic rings. The highest BCUT2D eigenvalue weighted by molar-refractivity contribution is 5.16. The van der Waals surface area contributed by atoms with E-state index in [1.54, 1.807) is 7.11 Å². The van der Waals surface area contributed by atoms with Crippen LogP contribution in [0.5, 0.6) is 0 Å². The topological polar surface area (TPSA) is 95.4 Å². The fourth-order valence-corrected chi connectivity index (χ4v) is 1.32. The maximum Gasteiger partial charge on any atom is 0.315 e. The van der Waals surface area contributed by atoms with Crippen LogP contribution < -0.4 is 11.1 Å². The second-order valence-corrected chi connectivity index (χ2v) is 3.78. The highest BCUT2D eigenvalue weighted by Crippen LogP contribution is 2.05. The van der Waals surface area contributed by atoms with Crippen LogP contribution in [0.4, 0.5) is 6.01 Å². The van der Waals surface area contributed by atoms with Crippen molar-refractivity contribution in [3.63, 3.8) is 0 Å². The van der Waals surface area contributed by atoms with Crippen LogP contribution in [-0.2, 0) is 15.9 Å². The highest BCUT2D eigenvalue weighted by Gasteiger charge is 2.03. The number of aromatic nitrogens is 2. The Balaban J connectivity index is 1.96. The molecule has 0 saturated carbocycles. The van der Waals surface area contributed by atoms with E-state index in [0.29, 0.717) is 38.1 Å². The van der Waals surface area contributed by atoms with Gasteiger partial charge in [0.1, 0.15) is 0 Å². The van der Waals surface area contributed by atoms with Gasteiger partial charge in [0.2, 0.25) is 5.89 Å². The third-order valence-corrected chi connectivity index (χ3v) is 2.25. The molecule has 0 bridgehead atoms. The average Bonchev–Trinajstić information content (AvgIpc) is 2.81. The van der Waals surface area contributed by atoms with Gasteiger partial charge in [-0.25, -0.2) is 0 Å². The van der Waals surface area contributed by atoms with Gasteiger partial charge in [0.15, 0.2) is 0 Å². The van der Waals surface area contributed by atoms with E-state index < -0.39 is 0 Å². The maximum absolute atomic E-state index is 5.39. The lowest BCUT2D eigenvalue weighted by molar-refractivity contribution is 0.0691. The Bertz CT molecular complexity index is 306. The van der Waals surface area contributed by atoms with Gasteiger partial charge in [0.05, 0.1) is 13.2 Å². The van der Waals surface area contributed by atoms with Gasteiger partial charge < -0.3 is 24.9 Å². The van der Waals surface area contributed by atoms with Gasteiger partial charge >= 0.3 is 6.01 Å². The molecule has 0 spiro atoms. The van der Waals surface area contributed by atoms with Crippen LogP contribution in [0.25, 0.3) is 0 Å². The van der Waals surface area contributed by atoms with Crippen molar-refractivity contribution in [1.29, 1.82) is 0 Å². The summed E-state index contributed by atoms with van der Waals surface area (Å²) in [7, 11) is 1.66. The molecule has 0 radical (unpaired) electrons. The predicted octanol–water partition coefficient (Wildman–Crippen LogP) is 0.426. The summed E-state index contributed by atoms with van der Waals surface area (Å²) in [5.74, 6) is 0.572. The molecule has 7 heteroatoms. The molecule has 0 fully saturated rings. The first-order valence-electron chi connectivity index (χ1n) is 6.20. The molecule has 0 atom stereocenters. The SMILES string of the molecule is COCCOCCCCNc1nnc(CCN)o1. The number of anilines is 1. The number of nitrogens with two attached hydrogens (primary N) is 1. The van der Waals surface area contributed by atoms with Crippen LogP contribution in [0.15, 0.2) is 4.42 Å². The van der Waals surface area contributed by atoms with Crippen molar-refractivity contribution in [2.75, 3.05) is 45.3 Å². The predicted molar refractivity (Wildman–Crippen MR) is 67.5 cm³/mol. The molecule has 0 aromatic carbocycles. The van der Waals surface area contributed by atoms with Gasteiger partial charge in [-0.1, -0.05) is 5.10 Å². The normalized spacial score (nSPS) is 10.8. The molecule has 104 valence electrons. The number of nitrogens with one attached hydrogen (secondary N) is 1. The van der Waals surface area contributed by atoms with Crippen molar-refractivity contribution in [1.82, 2.24) is 10.2 Å². The first kappa shape index (κ1) is 14.9. The van der Waals surface area contributed by atoms with Gasteiger partial charge in [-0.2, -0.15) is 0 Å². The Morgan fingerprint density at radius 2 is 2.11 bits per heavy atom. The van der Waals surface area contributed by atoms with Gasteiger partial charge in [-0.3, -0.25) is 0 Å². The molecule has 0 amide bonds. The third-order valence-electron chi connectivity index (χ3n) is 2.25. The minimum absolute atomic E-state index is 0.457. The fraction of sp³-hybridized carbons (Fsp3) is 0.818. The molecule has 3 N–H and O–H groups in total. The zero-order valence-corrected chi connectivity index (χ0v) is 10.9. The number of rotatable bonds is 11. The molecule has 0 unspecified atom stereocenters. The van der Waals surface area contributed by atoms with E-state index in [2.05, 4.69) is 15.5 Å². The molecule has 1 heterocycles. The zero-order valence-electron chi connectivity index (χ0n) is 10.9. The van der Waals surface area contributed by atoms with Crippen molar-refractivity contribution < 1.29 is 13.9 Å². The average molecular weight is 258 g/mol. The first-order chi connectivity index (χ1) is 8.86. The fourth-order valence-electron chi connectivity index (χ4n) is 1.32. The van der Waals surface area contributed by atoms with Crippen LogP contribution in [-0.4, -0.2) is 50.2 Å². The van der Waals surface area contributed by atoms with E-state index in [9.17, 15) is 0 Å². The number of ether oxygens (including phenoxy) is 2. The number of hydrogen-bond acceptors (Lipinski definition) is 7. The van der Waals surface area contributed by atoms with Crippen LogP contribution in [0.1, 0.15) is 18.7 Å². The number of unbranched alkanes of at least 4 members (excludes halogenated alkanes) is 1. The van der Waals surface area contributed by atoms with E-state index in [4.69, 9.17) is 19.6 Å². The summed E-state index contributed by atoms with van der Waals surface area (Å²) in [6, 6.07) is 0.457. The summed E-state index contributed by atoms with van der Waals surface area (Å²) in [6.07, 6.45) is 2.59. The second kappa shape index (κ2) is 9.81. The molecular formula is C11H22N4O3. The Morgan fingerprint density at radius 1 is 1.22 bits per heavy atom. The number of hydrogen-bond donors (Lipinski definition) is 2. The largest absolute Gasteiger partial charge is 0.408 e. The smallest absolute Gasteiger partial charge is 0.315 e. The van der Waals surface area contributed by atoms with Gasteiger partial charge in [0.25, 0.3) is 0 Å². The molecule has 7 nitrogen and oxygen atoms in total. The minimum Gasteiger partial charge on any atom is -0.408 e. The molecule has 0 aliphatic carbocycles. The first-order valence-corrected chi connectivity index (χ1v) is 6.20. The minimum atomic E-state index is 0.457. The standard InChI is InChI=1S/C11H22N4O3/c1-16-8-9-17-7-3-2-6-13-11-15-14-10(18-11)4-5-12/h2-9,12H2,1H3,(H,13,15). The summed E-state index contributed by atoms with van der Waals surface area (Å²) in [6.45, 7) is 3.34. The van der Waals surface area contributed by atoms with Crippen LogP contribution in [0.3, 0.4) is 0 Å². The molecular weight excluding hydrogens is 236 g/mol. The van der Waals surface area contributed by atoms with Crippen molar-refractivity contribution in [3.05, 3.63) is 5.89 Å². The Morgan fingerprint density at radius 3 is 2.89 bits per heavy atom. The maximum atomic E-state index is 5.39. The van der Waals surface area contributed by atoms with Gasteiger partial charge in [-0.15, -0.1) is 5.10 Å². The van der Waals surface area contributed by atoms with E-state index >= 15 is 0 Å². The number of methoxy groups -OCH3 is 1. The molecule has 1 rings (SSSR count). The molecule has 1 aromatic heterocycles. The lowest BCUT2D eigenvalue weighted by Gasteiger charge is -2.03. The van der Waals surface area contributed by atoms with Gasteiger partial charge in [-0.05, 0) is 12.8 Å². The van der Waals surface area contributed by atoms with Crippen molar-refractivity contribution in [3.8, 4) is 0 Å². The molecule has 0 saturated heterocycles. The molecule has 1 aromatic rings. The summed E-state index contributed by atoms with van der Waals surface area (Å²) < 4.78 is 15.5. The van der Waals surface area contributed by atoms with Crippen LogP contribution in [0, 0.1) is 0 Å².